The Bertz CT molecular complexity index is 1760. The van der Waals surface area contributed by atoms with Crippen molar-refractivity contribution in [1.29, 1.82) is 0 Å². The van der Waals surface area contributed by atoms with Crippen LogP contribution in [0, 0.1) is 17.3 Å². The van der Waals surface area contributed by atoms with E-state index in [9.17, 15) is 27.6 Å². The molecule has 0 aliphatic heterocycles. The molecule has 0 heterocycles. The summed E-state index contributed by atoms with van der Waals surface area (Å²) in [6, 6.07) is 8.25. The van der Waals surface area contributed by atoms with Crippen LogP contribution in [0.25, 0.3) is 0 Å². The van der Waals surface area contributed by atoms with Gasteiger partial charge in [0.15, 0.2) is 15.6 Å². The number of esters is 1. The van der Waals surface area contributed by atoms with Crippen molar-refractivity contribution < 1.29 is 37.1 Å². The molecular formula is C44H63ClN2O8S. The SMILES string of the molecule is CCCCCCCCCCCCCCCCOC(=O)c1ccc(Cl)c(NC(=O)C(Oc2ccc(S(C)(=O)=O)cc2NC(=O)C2(C)CC3CCC2CC3)C(C)=O)c1. The number of hydrogen-bond acceptors (Lipinski definition) is 8. The highest BCUT2D eigenvalue weighted by Gasteiger charge is 2.49. The lowest BCUT2D eigenvalue weighted by atomic mass is 9.56. The first-order valence-corrected chi connectivity index (χ1v) is 23.1. The van der Waals surface area contributed by atoms with Gasteiger partial charge in [-0.2, -0.15) is 0 Å². The highest BCUT2D eigenvalue weighted by molar-refractivity contribution is 7.90. The topological polar surface area (TPSA) is 145 Å². The second kappa shape index (κ2) is 21.9. The molecule has 3 aliphatic carbocycles. The van der Waals surface area contributed by atoms with Crippen LogP contribution >= 0.6 is 11.6 Å². The van der Waals surface area contributed by atoms with Crippen LogP contribution < -0.4 is 15.4 Å². The lowest BCUT2D eigenvalue weighted by Crippen LogP contribution is -2.47. The van der Waals surface area contributed by atoms with E-state index in [2.05, 4.69) is 17.6 Å². The van der Waals surface area contributed by atoms with E-state index >= 15 is 0 Å². The van der Waals surface area contributed by atoms with E-state index in [4.69, 9.17) is 21.1 Å². The van der Waals surface area contributed by atoms with Gasteiger partial charge in [0.05, 0.1) is 33.5 Å². The largest absolute Gasteiger partial charge is 0.471 e. The van der Waals surface area contributed by atoms with Gasteiger partial charge in [0.2, 0.25) is 12.0 Å². The number of amides is 2. The van der Waals surface area contributed by atoms with Crippen molar-refractivity contribution in [3.63, 3.8) is 0 Å². The van der Waals surface area contributed by atoms with Crippen LogP contribution in [-0.2, 0) is 29.0 Å². The Hall–Kier alpha value is -3.44. The van der Waals surface area contributed by atoms with Crippen molar-refractivity contribution in [3.05, 3.63) is 47.0 Å². The first kappa shape index (κ1) is 45.3. The monoisotopic (exact) mass is 814 g/mol. The normalized spacial score (nSPS) is 19.6. The molecule has 2 N–H and O–H groups in total. The van der Waals surface area contributed by atoms with Crippen LogP contribution in [0.2, 0.25) is 5.02 Å². The number of anilines is 2. The maximum Gasteiger partial charge on any atom is 0.338 e. The van der Waals surface area contributed by atoms with Crippen molar-refractivity contribution in [2.24, 2.45) is 17.3 Å². The van der Waals surface area contributed by atoms with Crippen LogP contribution in [0.4, 0.5) is 11.4 Å². The van der Waals surface area contributed by atoms with Gasteiger partial charge < -0.3 is 20.1 Å². The Kier molecular flexibility index (Phi) is 17.7. The number of sulfone groups is 1. The first-order valence-electron chi connectivity index (χ1n) is 20.8. The van der Waals surface area contributed by atoms with Gasteiger partial charge in [-0.15, -0.1) is 0 Å². The molecule has 0 saturated heterocycles. The standard InChI is InChI=1S/C44H63ClN2O8S/c1-5-6-7-8-9-10-11-12-13-14-15-16-17-18-27-54-42(50)33-21-25-36(45)37(28-33)46-41(49)40(31(2)48)55-39-26-24-35(56(4,52)53)29-38(39)47-43(51)44(3)30-32-19-22-34(44)23-20-32/h21,24-26,28-29,32,34,40H,5-20,22-23,27,30H2,1-4H3,(H,46,49)(H,47,51). The summed E-state index contributed by atoms with van der Waals surface area (Å²) in [5.41, 5.74) is -0.340. The molecule has 3 saturated carbocycles. The summed E-state index contributed by atoms with van der Waals surface area (Å²) in [5.74, 6) is -1.72. The molecule has 10 nitrogen and oxygen atoms in total. The zero-order valence-corrected chi connectivity index (χ0v) is 35.5. The number of Topliss-reactive ketones (excluding diaryl/α,β-unsaturated/α-hetero) is 1. The summed E-state index contributed by atoms with van der Waals surface area (Å²) >= 11 is 6.39. The van der Waals surface area contributed by atoms with Gasteiger partial charge in [-0.3, -0.25) is 14.4 Å². The van der Waals surface area contributed by atoms with E-state index in [1.807, 2.05) is 6.92 Å². The Morgan fingerprint density at radius 3 is 1.93 bits per heavy atom. The van der Waals surface area contributed by atoms with Crippen LogP contribution in [-0.4, -0.2) is 51.0 Å². The lowest BCUT2D eigenvalue weighted by molar-refractivity contribution is -0.134. The number of rotatable bonds is 24. The first-order chi connectivity index (χ1) is 26.7. The second-order valence-electron chi connectivity index (χ2n) is 16.2. The number of hydrogen-bond donors (Lipinski definition) is 2. The van der Waals surface area contributed by atoms with Gasteiger partial charge >= 0.3 is 5.97 Å². The van der Waals surface area contributed by atoms with Crippen molar-refractivity contribution in [2.45, 2.75) is 154 Å². The molecule has 3 fully saturated rings. The van der Waals surface area contributed by atoms with Gasteiger partial charge in [-0.1, -0.05) is 122 Å². The number of benzene rings is 2. The summed E-state index contributed by atoms with van der Waals surface area (Å²) in [6.45, 7) is 5.65. The Balaban J connectivity index is 1.30. The minimum atomic E-state index is -3.67. The van der Waals surface area contributed by atoms with E-state index in [-0.39, 0.29) is 51.0 Å². The third-order valence-corrected chi connectivity index (χ3v) is 13.1. The van der Waals surface area contributed by atoms with E-state index in [1.54, 1.807) is 0 Å². The predicted molar refractivity (Wildman–Crippen MR) is 222 cm³/mol. The lowest BCUT2D eigenvalue weighted by Gasteiger charge is -2.48. The third-order valence-electron chi connectivity index (χ3n) is 11.6. The summed E-state index contributed by atoms with van der Waals surface area (Å²) in [7, 11) is -3.67. The Labute approximate surface area is 339 Å². The number of ketones is 1. The number of carbonyl (C=O) groups is 4. The van der Waals surface area contributed by atoms with Crippen LogP contribution in [0.3, 0.4) is 0 Å². The zero-order valence-electron chi connectivity index (χ0n) is 33.9. The maximum atomic E-state index is 13.8. The smallest absolute Gasteiger partial charge is 0.338 e. The van der Waals surface area contributed by atoms with Crippen molar-refractivity contribution >= 4 is 56.4 Å². The average Bonchev–Trinajstić information content (AvgIpc) is 3.16. The van der Waals surface area contributed by atoms with E-state index in [1.165, 1.54) is 114 Å². The molecule has 310 valence electrons. The van der Waals surface area contributed by atoms with Crippen LogP contribution in [0.15, 0.2) is 41.3 Å². The van der Waals surface area contributed by atoms with E-state index < -0.39 is 39.0 Å². The summed E-state index contributed by atoms with van der Waals surface area (Å²) in [4.78, 5) is 53.0. The Morgan fingerprint density at radius 2 is 1.39 bits per heavy atom. The molecule has 56 heavy (non-hydrogen) atoms. The minimum absolute atomic E-state index is 0.0428. The third kappa shape index (κ3) is 13.3. The van der Waals surface area contributed by atoms with Gasteiger partial charge in [-0.05, 0) is 80.8 Å². The van der Waals surface area contributed by atoms with Crippen LogP contribution in [0.1, 0.15) is 153 Å². The Morgan fingerprint density at radius 1 is 0.804 bits per heavy atom. The fourth-order valence-corrected chi connectivity index (χ4v) is 9.00. The molecule has 2 amide bonds. The van der Waals surface area contributed by atoms with E-state index in [0.29, 0.717) is 5.92 Å². The number of ether oxygens (including phenoxy) is 2. The van der Waals surface area contributed by atoms with Crippen molar-refractivity contribution in [3.8, 4) is 5.75 Å². The second-order valence-corrected chi connectivity index (χ2v) is 18.7. The summed E-state index contributed by atoms with van der Waals surface area (Å²) in [6.07, 6.45) is 21.4. The molecule has 12 heteroatoms. The minimum Gasteiger partial charge on any atom is -0.471 e. The van der Waals surface area contributed by atoms with Gasteiger partial charge in [0, 0.05) is 11.7 Å². The maximum absolute atomic E-state index is 13.8. The molecule has 5 rings (SSSR count). The summed E-state index contributed by atoms with van der Waals surface area (Å²) < 4.78 is 36.4. The zero-order chi connectivity index (χ0) is 40.7. The number of unbranched alkanes of at least 4 members (excludes halogenated alkanes) is 13. The predicted octanol–water partition coefficient (Wildman–Crippen LogP) is 10.5. The fraction of sp³-hybridized carbons (Fsp3) is 0.636. The number of carbonyl (C=O) groups excluding carboxylic acids is 4. The molecule has 2 atom stereocenters. The number of fused-ring (bicyclic) bond motifs is 3. The molecule has 3 aliphatic rings. The molecule has 0 spiro atoms. The molecule has 2 bridgehead atoms. The fourth-order valence-electron chi connectivity index (χ4n) is 8.19. The molecule has 2 aromatic rings. The highest BCUT2D eigenvalue weighted by Crippen LogP contribution is 2.53. The number of halogens is 1. The van der Waals surface area contributed by atoms with Crippen molar-refractivity contribution in [1.82, 2.24) is 0 Å². The average molecular weight is 816 g/mol. The molecule has 0 aromatic heterocycles. The van der Waals surface area contributed by atoms with Gasteiger partial charge in [0.25, 0.3) is 5.91 Å². The van der Waals surface area contributed by atoms with Gasteiger partial charge in [-0.25, -0.2) is 13.2 Å². The van der Waals surface area contributed by atoms with Gasteiger partial charge in [0.1, 0.15) is 5.75 Å². The number of nitrogens with one attached hydrogen (secondary N) is 2. The molecule has 2 unspecified atom stereocenters. The summed E-state index contributed by atoms with van der Waals surface area (Å²) in [5, 5.41) is 5.61. The van der Waals surface area contributed by atoms with Crippen LogP contribution in [0.5, 0.6) is 5.75 Å². The molecule has 0 radical (unpaired) electrons. The highest BCUT2D eigenvalue weighted by atomic mass is 35.5. The quantitative estimate of drug-likeness (QED) is 0.0605. The van der Waals surface area contributed by atoms with E-state index in [0.717, 1.165) is 57.6 Å². The molecular weight excluding hydrogens is 752 g/mol. The molecule has 2 aromatic carbocycles. The van der Waals surface area contributed by atoms with Crippen molar-refractivity contribution in [2.75, 3.05) is 23.5 Å².